The number of thioether (sulfide) groups is 1. The minimum absolute atomic E-state index is 0.0671. The van der Waals surface area contributed by atoms with Crippen LogP contribution < -0.4 is 15.4 Å². The second-order valence-electron chi connectivity index (χ2n) is 11.6. The number of nitrogens with one attached hydrogen (secondary N) is 2. The van der Waals surface area contributed by atoms with Gasteiger partial charge in [-0.2, -0.15) is 0 Å². The van der Waals surface area contributed by atoms with Crippen molar-refractivity contribution in [3.63, 3.8) is 0 Å². The van der Waals surface area contributed by atoms with Gasteiger partial charge < -0.3 is 25.4 Å². The molecular formula is C31H39N3O5S. The molecule has 6 atom stereocenters. The highest BCUT2D eigenvalue weighted by Gasteiger charge is 2.77. The lowest BCUT2D eigenvalue weighted by Crippen LogP contribution is -2.57. The SMILES string of the molecule is CCOc1ccc(NC(=O)[C@@H]2[C@H]3C(=O)N([C@@H](CO)C(C)C)C(C(=O)NCc4ccccc4)C34CC[C@@]2(C)S4)cc1. The number of carbonyl (C=O) groups is 3. The van der Waals surface area contributed by atoms with Gasteiger partial charge in [-0.25, -0.2) is 0 Å². The number of nitrogens with zero attached hydrogens (tertiary/aromatic N) is 1. The summed E-state index contributed by atoms with van der Waals surface area (Å²) in [5.74, 6) is -1.27. The molecule has 3 aliphatic rings. The van der Waals surface area contributed by atoms with E-state index in [2.05, 4.69) is 17.6 Å². The second kappa shape index (κ2) is 11.1. The Morgan fingerprint density at radius 3 is 2.42 bits per heavy atom. The molecule has 0 aliphatic carbocycles. The third-order valence-corrected chi connectivity index (χ3v) is 10.8. The van der Waals surface area contributed by atoms with Crippen LogP contribution in [0.3, 0.4) is 0 Å². The largest absolute Gasteiger partial charge is 0.494 e. The molecule has 40 heavy (non-hydrogen) atoms. The van der Waals surface area contributed by atoms with E-state index < -0.39 is 33.4 Å². The molecule has 214 valence electrons. The lowest BCUT2D eigenvalue weighted by atomic mass is 9.66. The fourth-order valence-electron chi connectivity index (χ4n) is 6.94. The summed E-state index contributed by atoms with van der Waals surface area (Å²) in [4.78, 5) is 43.8. The van der Waals surface area contributed by atoms with Gasteiger partial charge >= 0.3 is 0 Å². The van der Waals surface area contributed by atoms with Crippen LogP contribution in [0.25, 0.3) is 0 Å². The summed E-state index contributed by atoms with van der Waals surface area (Å²) in [5.41, 5.74) is 1.60. The van der Waals surface area contributed by atoms with E-state index in [0.29, 0.717) is 25.3 Å². The number of aliphatic hydroxyl groups is 1. The molecule has 2 aromatic carbocycles. The van der Waals surface area contributed by atoms with Crippen molar-refractivity contribution in [2.45, 2.75) is 68.7 Å². The molecule has 3 N–H and O–H groups in total. The molecule has 9 heteroatoms. The van der Waals surface area contributed by atoms with Gasteiger partial charge in [0.1, 0.15) is 11.8 Å². The smallest absolute Gasteiger partial charge is 0.244 e. The molecule has 0 aromatic heterocycles. The Hall–Kier alpha value is -3.04. The topological polar surface area (TPSA) is 108 Å². The summed E-state index contributed by atoms with van der Waals surface area (Å²) in [7, 11) is 0. The zero-order chi connectivity index (χ0) is 28.7. The number of likely N-dealkylation sites (tertiary alicyclic amines) is 1. The summed E-state index contributed by atoms with van der Waals surface area (Å²) < 4.78 is 4.29. The normalized spacial score (nSPS) is 29.4. The van der Waals surface area contributed by atoms with Crippen molar-refractivity contribution in [1.82, 2.24) is 10.2 Å². The number of rotatable bonds is 10. The lowest BCUT2D eigenvalue weighted by Gasteiger charge is -2.38. The van der Waals surface area contributed by atoms with E-state index in [1.165, 1.54) is 0 Å². The number of aliphatic hydroxyl groups excluding tert-OH is 1. The van der Waals surface area contributed by atoms with Crippen LogP contribution in [-0.4, -0.2) is 62.5 Å². The van der Waals surface area contributed by atoms with E-state index in [-0.39, 0.29) is 30.2 Å². The average Bonchev–Trinajstić information content (AvgIpc) is 3.50. The fourth-order valence-corrected chi connectivity index (χ4v) is 9.29. The third-order valence-electron chi connectivity index (χ3n) is 8.80. The predicted molar refractivity (Wildman–Crippen MR) is 156 cm³/mol. The highest BCUT2D eigenvalue weighted by atomic mass is 32.2. The highest BCUT2D eigenvalue weighted by Crippen LogP contribution is 2.71. The molecule has 3 saturated heterocycles. The molecule has 0 radical (unpaired) electrons. The predicted octanol–water partition coefficient (Wildman–Crippen LogP) is 3.84. The molecule has 0 saturated carbocycles. The van der Waals surface area contributed by atoms with E-state index in [1.807, 2.05) is 63.2 Å². The van der Waals surface area contributed by atoms with Gasteiger partial charge in [-0.3, -0.25) is 14.4 Å². The number of carbonyl (C=O) groups excluding carboxylic acids is 3. The monoisotopic (exact) mass is 565 g/mol. The van der Waals surface area contributed by atoms with Gasteiger partial charge in [0.15, 0.2) is 0 Å². The molecular weight excluding hydrogens is 526 g/mol. The molecule has 8 nitrogen and oxygen atoms in total. The van der Waals surface area contributed by atoms with E-state index >= 15 is 0 Å². The molecule has 3 heterocycles. The van der Waals surface area contributed by atoms with Crippen LogP contribution in [-0.2, 0) is 20.9 Å². The molecule has 3 amide bonds. The number of ether oxygens (including phenoxy) is 1. The number of anilines is 1. The van der Waals surface area contributed by atoms with Crippen LogP contribution in [0.15, 0.2) is 54.6 Å². The summed E-state index contributed by atoms with van der Waals surface area (Å²) in [6.07, 6.45) is 1.39. The van der Waals surface area contributed by atoms with Gasteiger partial charge in [0.05, 0.1) is 35.8 Å². The third kappa shape index (κ3) is 4.77. The van der Waals surface area contributed by atoms with Crippen molar-refractivity contribution in [2.75, 3.05) is 18.5 Å². The number of amides is 3. The highest BCUT2D eigenvalue weighted by molar-refractivity contribution is 8.02. The van der Waals surface area contributed by atoms with Gasteiger partial charge in [-0.15, -0.1) is 11.8 Å². The maximum Gasteiger partial charge on any atom is 0.244 e. The first-order valence-corrected chi connectivity index (χ1v) is 15.0. The number of hydrogen-bond acceptors (Lipinski definition) is 6. The van der Waals surface area contributed by atoms with Crippen molar-refractivity contribution in [1.29, 1.82) is 0 Å². The number of hydrogen-bond donors (Lipinski definition) is 3. The van der Waals surface area contributed by atoms with Crippen LogP contribution in [0.2, 0.25) is 0 Å². The maximum atomic E-state index is 14.3. The van der Waals surface area contributed by atoms with Crippen molar-refractivity contribution < 1.29 is 24.2 Å². The van der Waals surface area contributed by atoms with E-state index in [1.54, 1.807) is 28.8 Å². The van der Waals surface area contributed by atoms with E-state index in [4.69, 9.17) is 4.74 Å². The first-order chi connectivity index (χ1) is 19.1. The van der Waals surface area contributed by atoms with E-state index in [9.17, 15) is 19.5 Å². The Kier molecular flexibility index (Phi) is 7.90. The van der Waals surface area contributed by atoms with Crippen LogP contribution in [0.5, 0.6) is 5.75 Å². The molecule has 3 fully saturated rings. The standard InChI is InChI=1S/C31H39N3O5S/c1-5-39-22-13-11-21(12-14-22)33-27(36)24-25-29(38)34(23(18-35)19(2)3)26(31(25)16-15-30(24,4)40-31)28(37)32-17-20-9-7-6-8-10-20/h6-14,19,23-26,35H,5,15-18H2,1-4H3,(H,32,37)(H,33,36)/t23-,24-,25-,26?,30+,31?/m0/s1. The maximum absolute atomic E-state index is 14.3. The number of fused-ring (bicyclic) bond motifs is 1. The van der Waals surface area contributed by atoms with Crippen molar-refractivity contribution in [3.8, 4) is 5.75 Å². The zero-order valence-corrected chi connectivity index (χ0v) is 24.4. The average molecular weight is 566 g/mol. The Morgan fingerprint density at radius 2 is 1.80 bits per heavy atom. The minimum Gasteiger partial charge on any atom is -0.494 e. The van der Waals surface area contributed by atoms with Crippen LogP contribution in [0, 0.1) is 17.8 Å². The molecule has 1 spiro atoms. The van der Waals surface area contributed by atoms with Gasteiger partial charge in [0, 0.05) is 17.0 Å². The summed E-state index contributed by atoms with van der Waals surface area (Å²) in [5, 5.41) is 16.5. The Balaban J connectivity index is 1.47. The van der Waals surface area contributed by atoms with Gasteiger partial charge in [0.25, 0.3) is 0 Å². The molecule has 3 aliphatic heterocycles. The molecule has 2 unspecified atom stereocenters. The fraction of sp³-hybridized carbons (Fsp3) is 0.516. The first kappa shape index (κ1) is 28.5. The van der Waals surface area contributed by atoms with Crippen LogP contribution in [0.4, 0.5) is 5.69 Å². The summed E-state index contributed by atoms with van der Waals surface area (Å²) >= 11 is 1.63. The lowest BCUT2D eigenvalue weighted by molar-refractivity contribution is -0.143. The zero-order valence-electron chi connectivity index (χ0n) is 23.6. The Labute approximate surface area is 240 Å². The Morgan fingerprint density at radius 1 is 1.10 bits per heavy atom. The Bertz CT molecular complexity index is 1260. The van der Waals surface area contributed by atoms with Crippen LogP contribution >= 0.6 is 11.8 Å². The summed E-state index contributed by atoms with van der Waals surface area (Å²) in [6.45, 7) is 8.50. The van der Waals surface area contributed by atoms with Gasteiger partial charge in [0.2, 0.25) is 17.7 Å². The first-order valence-electron chi connectivity index (χ1n) is 14.1. The molecule has 2 aromatic rings. The van der Waals surface area contributed by atoms with Crippen LogP contribution in [0.1, 0.15) is 46.1 Å². The van der Waals surface area contributed by atoms with Gasteiger partial charge in [-0.05, 0) is 62.4 Å². The van der Waals surface area contributed by atoms with E-state index in [0.717, 1.165) is 17.7 Å². The van der Waals surface area contributed by atoms with Crippen molar-refractivity contribution in [3.05, 3.63) is 60.2 Å². The molecule has 2 bridgehead atoms. The minimum atomic E-state index is -0.775. The second-order valence-corrected chi connectivity index (χ2v) is 13.5. The summed E-state index contributed by atoms with van der Waals surface area (Å²) in [6, 6.07) is 15.6. The van der Waals surface area contributed by atoms with Crippen molar-refractivity contribution >= 4 is 35.2 Å². The quantitative estimate of drug-likeness (QED) is 0.404. The van der Waals surface area contributed by atoms with Crippen molar-refractivity contribution in [2.24, 2.45) is 17.8 Å². The van der Waals surface area contributed by atoms with Gasteiger partial charge in [-0.1, -0.05) is 44.2 Å². The molecule has 5 rings (SSSR count). The number of benzene rings is 2.